The van der Waals surface area contributed by atoms with E-state index in [1.54, 1.807) is 0 Å². The minimum atomic E-state index is -0.194. The minimum Gasteiger partial charge on any atom is -0.465 e. The molecule has 6 nitrogen and oxygen atoms in total. The normalized spacial score (nSPS) is 17.2. The first-order valence-electron chi connectivity index (χ1n) is 10.8. The van der Waals surface area contributed by atoms with E-state index in [0.717, 1.165) is 64.5 Å². The molecule has 0 radical (unpaired) electrons. The van der Waals surface area contributed by atoms with Crippen LogP contribution in [0.4, 0.5) is 11.5 Å². The first kappa shape index (κ1) is 21.2. The number of rotatable bonds is 7. The molecule has 1 fully saturated rings. The number of benzene rings is 1. The fraction of sp³-hybridized carbons (Fsp3) is 0.478. The van der Waals surface area contributed by atoms with Gasteiger partial charge in [-0.15, -0.1) is 0 Å². The molecule has 3 heterocycles. The average Bonchev–Trinajstić information content (AvgIpc) is 2.98. The molecule has 2 aromatic rings. The molecule has 1 saturated heterocycles. The third kappa shape index (κ3) is 5.33. The van der Waals surface area contributed by atoms with Gasteiger partial charge in [-0.3, -0.25) is 9.69 Å². The number of fused-ring (bicyclic) bond motifs is 2. The van der Waals surface area contributed by atoms with Crippen LogP contribution in [0.15, 0.2) is 52.4 Å². The van der Waals surface area contributed by atoms with Crippen LogP contribution in [0.2, 0.25) is 0 Å². The number of ether oxygens (including phenoxy) is 1. The van der Waals surface area contributed by atoms with E-state index in [1.807, 2.05) is 24.0 Å². The summed E-state index contributed by atoms with van der Waals surface area (Å²) in [6.45, 7) is 9.16. The zero-order valence-corrected chi connectivity index (χ0v) is 18.4. The molecule has 7 heteroatoms. The average molecular weight is 427 g/mol. The highest BCUT2D eigenvalue weighted by molar-refractivity contribution is 7.99. The number of hydrogen-bond acceptors (Lipinski definition) is 7. The standard InChI is InChI=1S/C23H30N4O2S/c1-19(28)29-18-17-26-12-5-11-25(15-16-26)13-6-14-27-20-7-2-3-8-21(20)30-22-9-4-10-24-23(22)27/h2-4,7-10H,5-6,11-18H2,1H3. The Morgan fingerprint density at radius 3 is 2.60 bits per heavy atom. The predicted molar refractivity (Wildman–Crippen MR) is 121 cm³/mol. The van der Waals surface area contributed by atoms with Crippen molar-refractivity contribution in [2.45, 2.75) is 29.6 Å². The van der Waals surface area contributed by atoms with Gasteiger partial charge >= 0.3 is 5.97 Å². The van der Waals surface area contributed by atoms with Gasteiger partial charge in [0.1, 0.15) is 12.4 Å². The summed E-state index contributed by atoms with van der Waals surface area (Å²) >= 11 is 1.81. The molecule has 0 aliphatic carbocycles. The van der Waals surface area contributed by atoms with Crippen molar-refractivity contribution in [2.24, 2.45) is 0 Å². The highest BCUT2D eigenvalue weighted by Crippen LogP contribution is 2.46. The van der Waals surface area contributed by atoms with Crippen LogP contribution in [0, 0.1) is 0 Å². The topological polar surface area (TPSA) is 48.9 Å². The maximum atomic E-state index is 10.9. The smallest absolute Gasteiger partial charge is 0.302 e. The van der Waals surface area contributed by atoms with Crippen LogP contribution in [-0.4, -0.2) is 73.2 Å². The second-order valence-corrected chi connectivity index (χ2v) is 8.86. The van der Waals surface area contributed by atoms with Gasteiger partial charge < -0.3 is 14.5 Å². The molecule has 0 atom stereocenters. The first-order chi connectivity index (χ1) is 14.7. The number of pyridine rings is 1. The van der Waals surface area contributed by atoms with E-state index in [4.69, 9.17) is 4.74 Å². The number of anilines is 2. The molecule has 0 saturated carbocycles. The summed E-state index contributed by atoms with van der Waals surface area (Å²) in [6, 6.07) is 12.8. The van der Waals surface area contributed by atoms with E-state index in [0.29, 0.717) is 6.61 Å². The lowest BCUT2D eigenvalue weighted by molar-refractivity contribution is -0.141. The third-order valence-electron chi connectivity index (χ3n) is 5.63. The van der Waals surface area contributed by atoms with Gasteiger partial charge in [0.05, 0.1) is 10.6 Å². The van der Waals surface area contributed by atoms with Crippen LogP contribution >= 0.6 is 11.8 Å². The van der Waals surface area contributed by atoms with Crippen molar-refractivity contribution < 1.29 is 9.53 Å². The van der Waals surface area contributed by atoms with Gasteiger partial charge in [-0.05, 0) is 56.7 Å². The predicted octanol–water partition coefficient (Wildman–Crippen LogP) is 3.65. The third-order valence-corrected chi connectivity index (χ3v) is 6.74. The fourth-order valence-corrected chi connectivity index (χ4v) is 5.20. The Hall–Kier alpha value is -2.09. The maximum absolute atomic E-state index is 10.9. The minimum absolute atomic E-state index is 0.194. The van der Waals surface area contributed by atoms with Crippen molar-refractivity contribution >= 4 is 29.2 Å². The number of nitrogens with zero attached hydrogens (tertiary/aromatic N) is 4. The second-order valence-electron chi connectivity index (χ2n) is 7.78. The van der Waals surface area contributed by atoms with Crippen LogP contribution in [0.1, 0.15) is 19.8 Å². The number of esters is 1. The molecular formula is C23H30N4O2S. The second kappa shape index (κ2) is 10.3. The monoisotopic (exact) mass is 426 g/mol. The zero-order valence-electron chi connectivity index (χ0n) is 17.6. The molecule has 0 unspecified atom stereocenters. The Morgan fingerprint density at radius 1 is 1.00 bits per heavy atom. The molecule has 1 aromatic carbocycles. The number of hydrogen-bond donors (Lipinski definition) is 0. The molecule has 0 N–H and O–H groups in total. The van der Waals surface area contributed by atoms with Crippen molar-refractivity contribution in [3.05, 3.63) is 42.6 Å². The summed E-state index contributed by atoms with van der Waals surface area (Å²) < 4.78 is 5.09. The van der Waals surface area contributed by atoms with Crippen molar-refractivity contribution in [2.75, 3.05) is 57.3 Å². The molecule has 30 heavy (non-hydrogen) atoms. The van der Waals surface area contributed by atoms with Crippen molar-refractivity contribution in [3.8, 4) is 0 Å². The van der Waals surface area contributed by atoms with Gasteiger partial charge in [-0.1, -0.05) is 23.9 Å². The first-order valence-corrected chi connectivity index (χ1v) is 11.6. The Bertz CT molecular complexity index is 817. The SMILES string of the molecule is CC(=O)OCCN1CCCN(CCCN2c3ccccc3Sc3cccnc32)CC1. The lowest BCUT2D eigenvalue weighted by Gasteiger charge is -2.32. The highest BCUT2D eigenvalue weighted by Gasteiger charge is 2.24. The number of aromatic nitrogens is 1. The largest absolute Gasteiger partial charge is 0.465 e. The van der Waals surface area contributed by atoms with Crippen LogP contribution < -0.4 is 4.90 Å². The van der Waals surface area contributed by atoms with Gasteiger partial charge in [-0.25, -0.2) is 4.98 Å². The lowest BCUT2D eigenvalue weighted by atomic mass is 10.2. The molecule has 1 aromatic heterocycles. The summed E-state index contributed by atoms with van der Waals surface area (Å²) in [5, 5.41) is 0. The fourth-order valence-electron chi connectivity index (χ4n) is 4.13. The molecule has 2 aliphatic heterocycles. The maximum Gasteiger partial charge on any atom is 0.302 e. The lowest BCUT2D eigenvalue weighted by Crippen LogP contribution is -2.34. The highest BCUT2D eigenvalue weighted by atomic mass is 32.2. The zero-order chi connectivity index (χ0) is 20.8. The summed E-state index contributed by atoms with van der Waals surface area (Å²) in [5.41, 5.74) is 1.27. The Morgan fingerprint density at radius 2 is 1.77 bits per heavy atom. The van der Waals surface area contributed by atoms with Crippen LogP contribution in [0.5, 0.6) is 0 Å². The molecule has 2 aliphatic rings. The van der Waals surface area contributed by atoms with Gasteiger partial charge in [0, 0.05) is 44.2 Å². The van der Waals surface area contributed by atoms with Crippen molar-refractivity contribution in [3.63, 3.8) is 0 Å². The summed E-state index contributed by atoms with van der Waals surface area (Å²) in [4.78, 5) is 25.5. The summed E-state index contributed by atoms with van der Waals surface area (Å²) in [7, 11) is 0. The van der Waals surface area contributed by atoms with E-state index >= 15 is 0 Å². The Kier molecular flexibility index (Phi) is 7.25. The molecule has 0 bridgehead atoms. The summed E-state index contributed by atoms with van der Waals surface area (Å²) in [5.74, 6) is 0.883. The van der Waals surface area contributed by atoms with E-state index in [1.165, 1.54) is 22.4 Å². The van der Waals surface area contributed by atoms with Gasteiger partial charge in [0.2, 0.25) is 0 Å². The summed E-state index contributed by atoms with van der Waals surface area (Å²) in [6.07, 6.45) is 4.15. The number of para-hydroxylation sites is 1. The van der Waals surface area contributed by atoms with Crippen LogP contribution in [-0.2, 0) is 9.53 Å². The Labute approximate surface area is 183 Å². The van der Waals surface area contributed by atoms with E-state index in [-0.39, 0.29) is 5.97 Å². The Balaban J connectivity index is 1.30. The van der Waals surface area contributed by atoms with Gasteiger partial charge in [-0.2, -0.15) is 0 Å². The molecular weight excluding hydrogens is 396 g/mol. The molecule has 0 spiro atoms. The van der Waals surface area contributed by atoms with Crippen molar-refractivity contribution in [1.29, 1.82) is 0 Å². The van der Waals surface area contributed by atoms with Crippen LogP contribution in [0.25, 0.3) is 0 Å². The molecule has 0 amide bonds. The van der Waals surface area contributed by atoms with E-state index in [2.05, 4.69) is 50.0 Å². The van der Waals surface area contributed by atoms with E-state index in [9.17, 15) is 4.79 Å². The number of carbonyl (C=O) groups excluding carboxylic acids is 1. The van der Waals surface area contributed by atoms with Crippen molar-refractivity contribution in [1.82, 2.24) is 14.8 Å². The van der Waals surface area contributed by atoms with Gasteiger partial charge in [0.15, 0.2) is 0 Å². The number of carbonyl (C=O) groups is 1. The van der Waals surface area contributed by atoms with Crippen LogP contribution in [0.3, 0.4) is 0 Å². The van der Waals surface area contributed by atoms with Gasteiger partial charge in [0.25, 0.3) is 0 Å². The molecule has 4 rings (SSSR count). The van der Waals surface area contributed by atoms with E-state index < -0.39 is 0 Å². The molecule has 160 valence electrons. The quantitative estimate of drug-likeness (QED) is 0.627.